The molecule has 2 saturated heterocycles. The van der Waals surface area contributed by atoms with Crippen LogP contribution in [0.1, 0.15) is 39.0 Å². The van der Waals surface area contributed by atoms with E-state index in [9.17, 15) is 4.79 Å². The van der Waals surface area contributed by atoms with Gasteiger partial charge in [0.25, 0.3) is 0 Å². The molecule has 2 rings (SSSR count). The summed E-state index contributed by atoms with van der Waals surface area (Å²) in [6.45, 7) is 4.11. The first kappa shape index (κ1) is 18.1. The van der Waals surface area contributed by atoms with Crippen LogP contribution in [0.5, 0.6) is 0 Å². The lowest BCUT2D eigenvalue weighted by Gasteiger charge is -2.30. The number of thioether (sulfide) groups is 1. The third kappa shape index (κ3) is 6.20. The summed E-state index contributed by atoms with van der Waals surface area (Å²) in [5, 5.41) is 6.55. The van der Waals surface area contributed by atoms with E-state index < -0.39 is 0 Å². The Morgan fingerprint density at radius 3 is 2.90 bits per heavy atom. The van der Waals surface area contributed by atoms with Crippen LogP contribution in [0.4, 0.5) is 0 Å². The first-order valence-electron chi connectivity index (χ1n) is 7.48. The Kier molecular flexibility index (Phi) is 8.93. The predicted molar refractivity (Wildman–Crippen MR) is 86.8 cm³/mol. The molecule has 2 fully saturated rings. The molecule has 118 valence electrons. The van der Waals surface area contributed by atoms with Crippen molar-refractivity contribution in [2.24, 2.45) is 0 Å². The lowest BCUT2D eigenvalue weighted by molar-refractivity contribution is -0.119. The molecule has 0 bridgehead atoms. The molecule has 0 aromatic rings. The second-order valence-electron chi connectivity index (χ2n) is 5.56. The van der Waals surface area contributed by atoms with Crippen molar-refractivity contribution in [3.05, 3.63) is 0 Å². The molecule has 1 amide bonds. The van der Waals surface area contributed by atoms with Gasteiger partial charge < -0.3 is 15.4 Å². The van der Waals surface area contributed by atoms with Gasteiger partial charge in [0.05, 0.1) is 11.9 Å². The summed E-state index contributed by atoms with van der Waals surface area (Å²) in [6.07, 6.45) is 6.21. The van der Waals surface area contributed by atoms with Crippen molar-refractivity contribution < 1.29 is 9.53 Å². The maximum Gasteiger partial charge on any atom is 0.230 e. The summed E-state index contributed by atoms with van der Waals surface area (Å²) in [7, 11) is 0. The zero-order valence-electron chi connectivity index (χ0n) is 12.2. The predicted octanol–water partition coefficient (Wildman–Crippen LogP) is 1.97. The Bertz CT molecular complexity index is 288. The number of nitrogens with one attached hydrogen (secondary N) is 2. The fourth-order valence-electron chi connectivity index (χ4n) is 2.71. The standard InChI is InChI=1S/C14H26N2O2S.ClH/c1-11-13(6-4-7-15-11)16-14(17)10-19-9-12-5-2-3-8-18-12;/h11-13,15H,2-10H2,1H3,(H,16,17);1H. The van der Waals surface area contributed by atoms with E-state index in [1.54, 1.807) is 11.8 Å². The summed E-state index contributed by atoms with van der Waals surface area (Å²) >= 11 is 1.70. The Labute approximate surface area is 132 Å². The van der Waals surface area contributed by atoms with Crippen LogP contribution < -0.4 is 10.6 Å². The molecular weight excluding hydrogens is 296 g/mol. The van der Waals surface area contributed by atoms with E-state index in [-0.39, 0.29) is 18.3 Å². The maximum atomic E-state index is 11.9. The molecule has 0 spiro atoms. The van der Waals surface area contributed by atoms with Gasteiger partial charge in [-0.3, -0.25) is 4.79 Å². The normalized spacial score (nSPS) is 30.4. The van der Waals surface area contributed by atoms with Crippen LogP contribution in [-0.2, 0) is 9.53 Å². The van der Waals surface area contributed by atoms with Gasteiger partial charge in [0.15, 0.2) is 0 Å². The smallest absolute Gasteiger partial charge is 0.230 e. The average molecular weight is 323 g/mol. The van der Waals surface area contributed by atoms with Crippen LogP contribution in [0.25, 0.3) is 0 Å². The summed E-state index contributed by atoms with van der Waals surface area (Å²) in [6, 6.07) is 0.692. The van der Waals surface area contributed by atoms with Gasteiger partial charge in [0.1, 0.15) is 0 Å². The number of carbonyl (C=O) groups excluding carboxylic acids is 1. The summed E-state index contributed by atoms with van der Waals surface area (Å²) in [5.41, 5.74) is 0. The SMILES string of the molecule is CC1NCCCC1NC(=O)CSCC1CCCCO1.Cl. The van der Waals surface area contributed by atoms with Crippen LogP contribution >= 0.6 is 24.2 Å². The third-order valence-electron chi connectivity index (χ3n) is 3.92. The molecule has 20 heavy (non-hydrogen) atoms. The van der Waals surface area contributed by atoms with Gasteiger partial charge in [0, 0.05) is 24.4 Å². The Balaban J connectivity index is 0.00000200. The molecule has 2 aliphatic heterocycles. The van der Waals surface area contributed by atoms with Crippen molar-refractivity contribution in [1.29, 1.82) is 0 Å². The Morgan fingerprint density at radius 1 is 1.35 bits per heavy atom. The number of hydrogen-bond donors (Lipinski definition) is 2. The summed E-state index contributed by atoms with van der Waals surface area (Å²) < 4.78 is 5.66. The zero-order chi connectivity index (χ0) is 13.5. The quantitative estimate of drug-likeness (QED) is 0.812. The molecule has 2 heterocycles. The molecule has 0 radical (unpaired) electrons. The van der Waals surface area contributed by atoms with Crippen molar-refractivity contribution >= 4 is 30.1 Å². The molecule has 4 nitrogen and oxygen atoms in total. The molecule has 2 aliphatic rings. The van der Waals surface area contributed by atoms with Gasteiger partial charge >= 0.3 is 0 Å². The minimum Gasteiger partial charge on any atom is -0.377 e. The molecule has 0 aromatic heterocycles. The van der Waals surface area contributed by atoms with Crippen molar-refractivity contribution in [2.45, 2.75) is 57.2 Å². The highest BCUT2D eigenvalue weighted by Crippen LogP contribution is 2.17. The topological polar surface area (TPSA) is 50.4 Å². The Hall–Kier alpha value is 0.0300. The number of piperidine rings is 1. The van der Waals surface area contributed by atoms with E-state index in [2.05, 4.69) is 17.6 Å². The van der Waals surface area contributed by atoms with Crippen molar-refractivity contribution in [3.63, 3.8) is 0 Å². The van der Waals surface area contributed by atoms with Gasteiger partial charge in [-0.2, -0.15) is 0 Å². The van der Waals surface area contributed by atoms with E-state index in [4.69, 9.17) is 4.74 Å². The number of hydrogen-bond acceptors (Lipinski definition) is 4. The monoisotopic (exact) mass is 322 g/mol. The highest BCUT2D eigenvalue weighted by Gasteiger charge is 2.22. The molecule has 0 aliphatic carbocycles. The van der Waals surface area contributed by atoms with Gasteiger partial charge in [0.2, 0.25) is 5.91 Å². The van der Waals surface area contributed by atoms with Crippen LogP contribution in [0.15, 0.2) is 0 Å². The highest BCUT2D eigenvalue weighted by molar-refractivity contribution is 7.99. The minimum absolute atomic E-state index is 0. The Morgan fingerprint density at radius 2 is 2.20 bits per heavy atom. The summed E-state index contributed by atoms with van der Waals surface area (Å²) in [5.74, 6) is 1.68. The van der Waals surface area contributed by atoms with Crippen LogP contribution in [0, 0.1) is 0 Å². The number of rotatable bonds is 5. The van der Waals surface area contributed by atoms with Gasteiger partial charge in [-0.1, -0.05) is 0 Å². The van der Waals surface area contributed by atoms with Crippen LogP contribution in [0.2, 0.25) is 0 Å². The minimum atomic E-state index is 0. The highest BCUT2D eigenvalue weighted by atomic mass is 35.5. The van der Waals surface area contributed by atoms with Gasteiger partial charge in [-0.05, 0) is 45.6 Å². The number of ether oxygens (including phenoxy) is 1. The third-order valence-corrected chi connectivity index (χ3v) is 4.99. The first-order valence-corrected chi connectivity index (χ1v) is 8.63. The average Bonchev–Trinajstić information content (AvgIpc) is 2.43. The molecule has 0 aromatic carbocycles. The molecule has 0 saturated carbocycles. The fraction of sp³-hybridized carbons (Fsp3) is 0.929. The molecule has 3 atom stereocenters. The maximum absolute atomic E-state index is 11.9. The number of halogens is 1. The molecule has 2 N–H and O–H groups in total. The van der Waals surface area contributed by atoms with E-state index in [1.807, 2.05) is 0 Å². The zero-order valence-corrected chi connectivity index (χ0v) is 13.9. The molecule has 6 heteroatoms. The largest absolute Gasteiger partial charge is 0.377 e. The van der Waals surface area contributed by atoms with Crippen LogP contribution in [-0.4, -0.2) is 48.8 Å². The van der Waals surface area contributed by atoms with Gasteiger partial charge in [-0.25, -0.2) is 0 Å². The van der Waals surface area contributed by atoms with E-state index in [0.29, 0.717) is 23.9 Å². The first-order chi connectivity index (χ1) is 9.25. The van der Waals surface area contributed by atoms with Crippen LogP contribution in [0.3, 0.4) is 0 Å². The molecule has 3 unspecified atom stereocenters. The van der Waals surface area contributed by atoms with Gasteiger partial charge in [-0.15, -0.1) is 24.2 Å². The molecular formula is C14H27ClN2O2S. The van der Waals surface area contributed by atoms with Crippen molar-refractivity contribution in [1.82, 2.24) is 10.6 Å². The van der Waals surface area contributed by atoms with Crippen molar-refractivity contribution in [3.8, 4) is 0 Å². The summed E-state index contributed by atoms with van der Waals surface area (Å²) in [4.78, 5) is 11.9. The second-order valence-corrected chi connectivity index (χ2v) is 6.59. The number of carbonyl (C=O) groups is 1. The van der Waals surface area contributed by atoms with E-state index in [0.717, 1.165) is 38.2 Å². The van der Waals surface area contributed by atoms with Crippen molar-refractivity contribution in [2.75, 3.05) is 24.7 Å². The fourth-order valence-corrected chi connectivity index (χ4v) is 3.62. The van der Waals surface area contributed by atoms with E-state index >= 15 is 0 Å². The number of amides is 1. The van der Waals surface area contributed by atoms with E-state index in [1.165, 1.54) is 12.8 Å². The lowest BCUT2D eigenvalue weighted by atomic mass is 10.00. The second kappa shape index (κ2) is 9.87. The lowest BCUT2D eigenvalue weighted by Crippen LogP contribution is -2.52.